The molecule has 1 aromatic heterocycles. The molecule has 1 fully saturated rings. The molecule has 2 aromatic carbocycles. The molecule has 0 aliphatic heterocycles. The third-order valence-electron chi connectivity index (χ3n) is 5.35. The molecule has 0 unspecified atom stereocenters. The Morgan fingerprint density at radius 1 is 1.12 bits per heavy atom. The topological polar surface area (TPSA) is 92.5 Å². The van der Waals surface area contributed by atoms with Crippen LogP contribution in [0.1, 0.15) is 35.4 Å². The van der Waals surface area contributed by atoms with Gasteiger partial charge in [-0.15, -0.1) is 0 Å². The van der Waals surface area contributed by atoms with Crippen LogP contribution in [0.4, 0.5) is 5.69 Å². The molecule has 1 heterocycles. The lowest BCUT2D eigenvalue weighted by molar-refractivity contribution is -0.117. The van der Waals surface area contributed by atoms with Gasteiger partial charge in [-0.05, 0) is 49.1 Å². The van der Waals surface area contributed by atoms with Crippen LogP contribution < -0.4 is 5.32 Å². The molecule has 1 aliphatic carbocycles. The largest absolute Gasteiger partial charge is 0.354 e. The second-order valence-electron chi connectivity index (χ2n) is 7.92. The number of nitrogens with zero attached hydrogens (tertiary/aromatic N) is 2. The molecule has 166 valence electrons. The number of amides is 1. The van der Waals surface area contributed by atoms with Crippen molar-refractivity contribution in [1.82, 2.24) is 9.46 Å². The highest BCUT2D eigenvalue weighted by Crippen LogP contribution is 2.32. The predicted octanol–water partition coefficient (Wildman–Crippen LogP) is 4.32. The van der Waals surface area contributed by atoms with E-state index in [-0.39, 0.29) is 16.7 Å². The van der Waals surface area contributed by atoms with Crippen LogP contribution in [-0.4, -0.2) is 30.8 Å². The van der Waals surface area contributed by atoms with Gasteiger partial charge in [-0.2, -0.15) is 4.31 Å². The fourth-order valence-electron chi connectivity index (χ4n) is 3.25. The van der Waals surface area contributed by atoms with Gasteiger partial charge in [0.25, 0.3) is 0 Å². The van der Waals surface area contributed by atoms with E-state index in [1.165, 1.54) is 4.31 Å². The lowest BCUT2D eigenvalue weighted by atomic mass is 10.2. The lowest BCUT2D eigenvalue weighted by Crippen LogP contribution is -2.26. The quantitative estimate of drug-likeness (QED) is 0.551. The number of nitrogens with one attached hydrogen (secondary N) is 1. The van der Waals surface area contributed by atoms with Crippen molar-refractivity contribution in [2.45, 2.75) is 31.2 Å². The van der Waals surface area contributed by atoms with Crippen molar-refractivity contribution < 1.29 is 17.7 Å². The molecule has 1 amide bonds. The fourth-order valence-corrected chi connectivity index (χ4v) is 4.41. The molecule has 7 nitrogen and oxygen atoms in total. The number of carbonyl (C=O) groups excluding carboxylic acids is 1. The van der Waals surface area contributed by atoms with E-state index in [2.05, 4.69) is 10.5 Å². The number of rotatable bonds is 8. The number of benzene rings is 2. The Bertz CT molecular complexity index is 1230. The summed E-state index contributed by atoms with van der Waals surface area (Å²) in [5.74, 6) is 0.520. The summed E-state index contributed by atoms with van der Waals surface area (Å²) >= 11 is 0. The van der Waals surface area contributed by atoms with E-state index < -0.39 is 10.0 Å². The number of anilines is 1. The Labute approximate surface area is 187 Å². The summed E-state index contributed by atoms with van der Waals surface area (Å²) in [5, 5.41) is 6.82. The van der Waals surface area contributed by atoms with Crippen molar-refractivity contribution in [3.05, 3.63) is 77.2 Å². The average molecular weight is 452 g/mol. The van der Waals surface area contributed by atoms with Gasteiger partial charge in [-0.3, -0.25) is 4.79 Å². The van der Waals surface area contributed by atoms with Crippen molar-refractivity contribution in [2.24, 2.45) is 5.92 Å². The Hall–Kier alpha value is -3.23. The number of hydrogen-bond acceptors (Lipinski definition) is 5. The molecule has 0 radical (unpaired) electrons. The number of carbonyl (C=O) groups is 1. The Balaban J connectivity index is 1.46. The molecule has 3 aromatic rings. The third-order valence-corrected chi connectivity index (χ3v) is 7.17. The van der Waals surface area contributed by atoms with Gasteiger partial charge < -0.3 is 9.84 Å². The van der Waals surface area contributed by atoms with E-state index in [0.717, 1.165) is 24.0 Å². The number of aryl methyl sites for hydroxylation is 1. The second-order valence-corrected chi connectivity index (χ2v) is 9.96. The smallest absolute Gasteiger partial charge is 0.243 e. The fraction of sp³-hybridized carbons (Fsp3) is 0.250. The molecule has 1 N–H and O–H groups in total. The van der Waals surface area contributed by atoms with E-state index in [4.69, 9.17) is 4.52 Å². The summed E-state index contributed by atoms with van der Waals surface area (Å²) in [4.78, 5) is 12.3. The highest BCUT2D eigenvalue weighted by Gasteiger charge is 2.30. The first kappa shape index (κ1) is 22.0. The van der Waals surface area contributed by atoms with Crippen molar-refractivity contribution >= 4 is 33.8 Å². The maximum Gasteiger partial charge on any atom is 0.243 e. The van der Waals surface area contributed by atoms with Gasteiger partial charge in [0.2, 0.25) is 15.9 Å². The van der Waals surface area contributed by atoms with E-state index >= 15 is 0 Å². The zero-order valence-electron chi connectivity index (χ0n) is 18.0. The minimum atomic E-state index is -3.61. The van der Waals surface area contributed by atoms with Crippen LogP contribution in [0, 0.1) is 12.8 Å². The molecule has 0 atom stereocenters. The van der Waals surface area contributed by atoms with Gasteiger partial charge in [-0.25, -0.2) is 8.42 Å². The Morgan fingerprint density at radius 3 is 2.47 bits per heavy atom. The Kier molecular flexibility index (Phi) is 6.25. The van der Waals surface area contributed by atoms with E-state index in [0.29, 0.717) is 23.7 Å². The minimum Gasteiger partial charge on any atom is -0.354 e. The first-order valence-corrected chi connectivity index (χ1v) is 11.8. The van der Waals surface area contributed by atoms with Gasteiger partial charge in [0.1, 0.15) is 11.4 Å². The predicted molar refractivity (Wildman–Crippen MR) is 123 cm³/mol. The second kappa shape index (κ2) is 9.10. The number of aromatic nitrogens is 1. The standard InChI is InChI=1S/C24H25N3O4S/c1-17-23(25-24(28)20-11-12-20)22(31-26-17)15-10-18-8-13-21(14-9-18)32(29,30)27(2)16-19-6-4-3-5-7-19/h3-10,13-15,20H,11-12,16H2,1-2H3,(H,25,28). The van der Waals surface area contributed by atoms with Crippen molar-refractivity contribution in [3.8, 4) is 0 Å². The summed E-state index contributed by atoms with van der Waals surface area (Å²) in [6.07, 6.45) is 5.33. The molecule has 0 saturated heterocycles. The summed E-state index contributed by atoms with van der Waals surface area (Å²) < 4.78 is 32.4. The van der Waals surface area contributed by atoms with E-state index in [9.17, 15) is 13.2 Å². The van der Waals surface area contributed by atoms with Crippen LogP contribution in [0.25, 0.3) is 12.2 Å². The van der Waals surface area contributed by atoms with Gasteiger partial charge in [0.15, 0.2) is 5.76 Å². The van der Waals surface area contributed by atoms with Crippen molar-refractivity contribution in [1.29, 1.82) is 0 Å². The minimum absolute atomic E-state index is 0.0138. The van der Waals surface area contributed by atoms with Crippen LogP contribution >= 0.6 is 0 Å². The molecule has 0 bridgehead atoms. The maximum atomic E-state index is 12.9. The summed E-state index contributed by atoms with van der Waals surface area (Å²) in [5.41, 5.74) is 2.90. The molecule has 1 saturated carbocycles. The third kappa shape index (κ3) is 4.98. The van der Waals surface area contributed by atoms with Crippen molar-refractivity contribution in [3.63, 3.8) is 0 Å². The molecular formula is C24H25N3O4S. The van der Waals surface area contributed by atoms with Crippen LogP contribution in [0.15, 0.2) is 64.0 Å². The summed E-state index contributed by atoms with van der Waals surface area (Å²) in [6, 6.07) is 16.1. The monoisotopic (exact) mass is 451 g/mol. The molecule has 1 aliphatic rings. The summed E-state index contributed by atoms with van der Waals surface area (Å²) in [7, 11) is -2.04. The highest BCUT2D eigenvalue weighted by molar-refractivity contribution is 7.89. The Morgan fingerprint density at radius 2 is 1.81 bits per heavy atom. The zero-order valence-corrected chi connectivity index (χ0v) is 18.8. The average Bonchev–Trinajstić information content (AvgIpc) is 3.59. The van der Waals surface area contributed by atoms with Crippen LogP contribution in [0.5, 0.6) is 0 Å². The van der Waals surface area contributed by atoms with Crippen LogP contribution in [0.3, 0.4) is 0 Å². The molecule has 32 heavy (non-hydrogen) atoms. The molecule has 0 spiro atoms. The lowest BCUT2D eigenvalue weighted by Gasteiger charge is -2.17. The molecule has 8 heteroatoms. The van der Waals surface area contributed by atoms with Gasteiger partial charge >= 0.3 is 0 Å². The normalized spacial score (nSPS) is 14.2. The van der Waals surface area contributed by atoms with Gasteiger partial charge in [0.05, 0.1) is 4.90 Å². The van der Waals surface area contributed by atoms with Gasteiger partial charge in [0, 0.05) is 19.5 Å². The number of hydrogen-bond donors (Lipinski definition) is 1. The molecular weight excluding hydrogens is 426 g/mol. The van der Waals surface area contributed by atoms with Gasteiger partial charge in [-0.1, -0.05) is 53.7 Å². The maximum absolute atomic E-state index is 12.9. The first-order chi connectivity index (χ1) is 15.3. The van der Waals surface area contributed by atoms with E-state index in [1.54, 1.807) is 50.4 Å². The van der Waals surface area contributed by atoms with Crippen molar-refractivity contribution in [2.75, 3.05) is 12.4 Å². The molecule has 4 rings (SSSR count). The highest BCUT2D eigenvalue weighted by atomic mass is 32.2. The first-order valence-electron chi connectivity index (χ1n) is 10.4. The van der Waals surface area contributed by atoms with Crippen LogP contribution in [-0.2, 0) is 21.4 Å². The van der Waals surface area contributed by atoms with E-state index in [1.807, 2.05) is 30.3 Å². The zero-order chi connectivity index (χ0) is 22.7. The number of sulfonamides is 1. The summed E-state index contributed by atoms with van der Waals surface area (Å²) in [6.45, 7) is 2.07. The van der Waals surface area contributed by atoms with Crippen LogP contribution in [0.2, 0.25) is 0 Å². The SMILES string of the molecule is Cc1noc(C=Cc2ccc(S(=O)(=O)N(C)Cc3ccccc3)cc2)c1NC(=O)C1CC1.